The molecule has 2 heterocycles. The third kappa shape index (κ3) is 3.13. The van der Waals surface area contributed by atoms with Gasteiger partial charge in [-0.3, -0.25) is 9.69 Å². The number of likely N-dealkylation sites (N-methyl/N-ethyl adjacent to an activating group) is 1. The first-order chi connectivity index (χ1) is 9.05. The average Bonchev–Trinajstić information content (AvgIpc) is 2.85. The zero-order chi connectivity index (χ0) is 13.9. The maximum absolute atomic E-state index is 11.2. The first-order valence-electron chi connectivity index (χ1n) is 6.70. The topological polar surface area (TPSA) is 70.4 Å². The van der Waals surface area contributed by atoms with Crippen molar-refractivity contribution in [2.24, 2.45) is 0 Å². The molecule has 19 heavy (non-hydrogen) atoms. The molecule has 0 radical (unpaired) electrons. The second-order valence-electron chi connectivity index (χ2n) is 5.30. The molecule has 0 saturated heterocycles. The highest BCUT2D eigenvalue weighted by atomic mass is 16.4. The molecule has 1 aliphatic rings. The van der Waals surface area contributed by atoms with Gasteiger partial charge in [0.25, 0.3) is 0 Å². The fraction of sp³-hybridized carbons (Fsp3) is 0.692. The Labute approximate surface area is 113 Å². The molecule has 2 rings (SSSR count). The normalized spacial score (nSPS) is 18.8. The number of aliphatic carboxylic acids is 1. The molecule has 1 atom stereocenters. The molecule has 2 N–H and O–H groups in total. The van der Waals surface area contributed by atoms with Crippen LogP contribution in [0.25, 0.3) is 0 Å². The summed E-state index contributed by atoms with van der Waals surface area (Å²) in [6.07, 6.45) is 5.34. The van der Waals surface area contributed by atoms with Crippen LogP contribution in [0.15, 0.2) is 12.4 Å². The second-order valence-corrected chi connectivity index (χ2v) is 5.30. The molecular formula is C13H22N4O2. The Morgan fingerprint density at radius 2 is 2.37 bits per heavy atom. The largest absolute Gasteiger partial charge is 0.480 e. The van der Waals surface area contributed by atoms with Crippen molar-refractivity contribution >= 4 is 5.97 Å². The van der Waals surface area contributed by atoms with Gasteiger partial charge in [-0.05, 0) is 33.4 Å². The molecule has 1 aromatic heterocycles. The van der Waals surface area contributed by atoms with Gasteiger partial charge in [0.2, 0.25) is 0 Å². The molecule has 0 amide bonds. The van der Waals surface area contributed by atoms with Crippen molar-refractivity contribution in [2.45, 2.75) is 38.4 Å². The lowest BCUT2D eigenvalue weighted by Crippen LogP contribution is -2.48. The summed E-state index contributed by atoms with van der Waals surface area (Å²) in [5, 5.41) is 12.1. The summed E-state index contributed by atoms with van der Waals surface area (Å²) in [7, 11) is 1.70. The number of nitrogens with zero attached hydrogens (tertiary/aromatic N) is 3. The van der Waals surface area contributed by atoms with Gasteiger partial charge in [0, 0.05) is 25.5 Å². The van der Waals surface area contributed by atoms with Crippen LogP contribution in [0.3, 0.4) is 0 Å². The lowest BCUT2D eigenvalue weighted by atomic mass is 9.96. The molecule has 106 valence electrons. The minimum absolute atomic E-state index is 0.629. The van der Waals surface area contributed by atoms with Crippen LogP contribution in [0.4, 0.5) is 0 Å². The van der Waals surface area contributed by atoms with Gasteiger partial charge < -0.3 is 15.0 Å². The van der Waals surface area contributed by atoms with Gasteiger partial charge in [-0.15, -0.1) is 0 Å². The third-order valence-corrected chi connectivity index (χ3v) is 4.00. The summed E-state index contributed by atoms with van der Waals surface area (Å²) in [6, 6.07) is 0. The van der Waals surface area contributed by atoms with E-state index in [0.717, 1.165) is 38.4 Å². The SMILES string of the molecule is CNC(C)(CCCN1CCn2ccnc2C1)C(=O)O. The third-order valence-electron chi connectivity index (χ3n) is 4.00. The highest BCUT2D eigenvalue weighted by molar-refractivity contribution is 5.78. The molecule has 1 unspecified atom stereocenters. The quantitative estimate of drug-likeness (QED) is 0.786. The molecule has 1 aromatic rings. The lowest BCUT2D eigenvalue weighted by molar-refractivity contribution is -0.144. The van der Waals surface area contributed by atoms with Gasteiger partial charge in [-0.2, -0.15) is 0 Å². The maximum atomic E-state index is 11.2. The first kappa shape index (κ1) is 14.0. The van der Waals surface area contributed by atoms with Crippen molar-refractivity contribution in [3.05, 3.63) is 18.2 Å². The van der Waals surface area contributed by atoms with Crippen molar-refractivity contribution in [1.82, 2.24) is 19.8 Å². The molecule has 0 aromatic carbocycles. The Hall–Kier alpha value is -1.40. The van der Waals surface area contributed by atoms with Crippen LogP contribution in [0.2, 0.25) is 0 Å². The van der Waals surface area contributed by atoms with Crippen molar-refractivity contribution in [1.29, 1.82) is 0 Å². The summed E-state index contributed by atoms with van der Waals surface area (Å²) in [5.41, 5.74) is -0.825. The zero-order valence-corrected chi connectivity index (χ0v) is 11.6. The number of fused-ring (bicyclic) bond motifs is 1. The van der Waals surface area contributed by atoms with E-state index >= 15 is 0 Å². The summed E-state index contributed by atoms with van der Waals surface area (Å²) in [4.78, 5) is 17.8. The van der Waals surface area contributed by atoms with E-state index in [4.69, 9.17) is 0 Å². The molecule has 0 bridgehead atoms. The van der Waals surface area contributed by atoms with Gasteiger partial charge >= 0.3 is 5.97 Å². The Morgan fingerprint density at radius 3 is 3.05 bits per heavy atom. The van der Waals surface area contributed by atoms with Crippen LogP contribution in [0, 0.1) is 0 Å². The number of nitrogens with one attached hydrogen (secondary N) is 1. The predicted octanol–water partition coefficient (Wildman–Crippen LogP) is 0.542. The minimum atomic E-state index is -0.825. The number of carboxylic acid groups (broad SMARTS) is 1. The van der Waals surface area contributed by atoms with E-state index in [0.29, 0.717) is 6.42 Å². The lowest BCUT2D eigenvalue weighted by Gasteiger charge is -2.29. The van der Waals surface area contributed by atoms with Crippen LogP contribution in [-0.2, 0) is 17.9 Å². The van der Waals surface area contributed by atoms with Crippen LogP contribution in [0.1, 0.15) is 25.6 Å². The van der Waals surface area contributed by atoms with E-state index in [2.05, 4.69) is 19.8 Å². The van der Waals surface area contributed by atoms with E-state index in [1.54, 1.807) is 14.0 Å². The Bertz CT molecular complexity index is 446. The van der Waals surface area contributed by atoms with Crippen molar-refractivity contribution < 1.29 is 9.90 Å². The van der Waals surface area contributed by atoms with Gasteiger partial charge in [0.05, 0.1) is 6.54 Å². The summed E-state index contributed by atoms with van der Waals surface area (Å²) < 4.78 is 2.17. The fourth-order valence-electron chi connectivity index (χ4n) is 2.41. The van der Waals surface area contributed by atoms with E-state index in [1.807, 2.05) is 12.4 Å². The smallest absolute Gasteiger partial charge is 0.323 e. The number of carboxylic acids is 1. The monoisotopic (exact) mass is 266 g/mol. The minimum Gasteiger partial charge on any atom is -0.480 e. The average molecular weight is 266 g/mol. The number of aromatic nitrogens is 2. The van der Waals surface area contributed by atoms with E-state index in [9.17, 15) is 9.90 Å². The first-order valence-corrected chi connectivity index (χ1v) is 6.70. The Kier molecular flexibility index (Phi) is 4.21. The van der Waals surface area contributed by atoms with Crippen LogP contribution < -0.4 is 5.32 Å². The van der Waals surface area contributed by atoms with E-state index in [1.165, 1.54) is 0 Å². The molecule has 6 nitrogen and oxygen atoms in total. The van der Waals surface area contributed by atoms with Gasteiger partial charge in [-0.25, -0.2) is 4.98 Å². The number of hydrogen-bond acceptors (Lipinski definition) is 4. The van der Waals surface area contributed by atoms with Crippen molar-refractivity contribution in [3.63, 3.8) is 0 Å². The number of hydrogen-bond donors (Lipinski definition) is 2. The molecule has 0 aliphatic carbocycles. The fourth-order valence-corrected chi connectivity index (χ4v) is 2.41. The highest BCUT2D eigenvalue weighted by Gasteiger charge is 2.30. The predicted molar refractivity (Wildman–Crippen MR) is 71.8 cm³/mol. The number of rotatable bonds is 6. The maximum Gasteiger partial charge on any atom is 0.323 e. The summed E-state index contributed by atoms with van der Waals surface area (Å²) in [6.45, 7) is 5.48. The van der Waals surface area contributed by atoms with Gasteiger partial charge in [0.1, 0.15) is 11.4 Å². The molecular weight excluding hydrogens is 244 g/mol. The zero-order valence-electron chi connectivity index (χ0n) is 11.6. The number of imidazole rings is 1. The molecule has 0 spiro atoms. The van der Waals surface area contributed by atoms with Gasteiger partial charge in [-0.1, -0.05) is 0 Å². The Morgan fingerprint density at radius 1 is 1.58 bits per heavy atom. The highest BCUT2D eigenvalue weighted by Crippen LogP contribution is 2.15. The van der Waals surface area contributed by atoms with Crippen LogP contribution in [0.5, 0.6) is 0 Å². The summed E-state index contributed by atoms with van der Waals surface area (Å²) >= 11 is 0. The van der Waals surface area contributed by atoms with Gasteiger partial charge in [0.15, 0.2) is 0 Å². The molecule has 0 fully saturated rings. The molecule has 0 saturated carbocycles. The standard InChI is InChI=1S/C13H22N4O2/c1-13(14-2,12(18)19)4-3-6-16-8-9-17-7-5-15-11(17)10-16/h5,7,14H,3-4,6,8-10H2,1-2H3,(H,18,19). The van der Waals surface area contributed by atoms with Crippen molar-refractivity contribution in [2.75, 3.05) is 20.1 Å². The van der Waals surface area contributed by atoms with E-state index < -0.39 is 11.5 Å². The summed E-state index contributed by atoms with van der Waals surface area (Å²) in [5.74, 6) is 0.310. The van der Waals surface area contributed by atoms with E-state index in [-0.39, 0.29) is 0 Å². The molecule has 6 heteroatoms. The molecule has 1 aliphatic heterocycles. The van der Waals surface area contributed by atoms with Crippen molar-refractivity contribution in [3.8, 4) is 0 Å². The van der Waals surface area contributed by atoms with Crippen LogP contribution in [-0.4, -0.2) is 51.2 Å². The second kappa shape index (κ2) is 5.71. The Balaban J connectivity index is 1.80. The number of carbonyl (C=O) groups is 1. The van der Waals surface area contributed by atoms with Crippen LogP contribution >= 0.6 is 0 Å².